The highest BCUT2D eigenvalue weighted by Crippen LogP contribution is 2.61. The van der Waals surface area contributed by atoms with E-state index in [2.05, 4.69) is 115 Å². The summed E-state index contributed by atoms with van der Waals surface area (Å²) in [5, 5.41) is 42.0. The fraction of sp³-hybridized carbons (Fsp3) is 0.443. The van der Waals surface area contributed by atoms with Crippen LogP contribution in [-0.2, 0) is 42.2 Å². The molecule has 0 unspecified atom stereocenters. The number of allylic oxidation sites excluding steroid dienone is 5. The van der Waals surface area contributed by atoms with Crippen LogP contribution < -0.4 is 10.4 Å². The molecule has 0 radical (unpaired) electrons. The molecule has 4 heterocycles. The van der Waals surface area contributed by atoms with Crippen LogP contribution in [0.4, 0.5) is 0 Å². The Kier molecular flexibility index (Phi) is 15.0. The summed E-state index contributed by atoms with van der Waals surface area (Å²) < 4.78 is 33.2. The molecule has 9 aliphatic rings. The van der Waals surface area contributed by atoms with Crippen molar-refractivity contribution in [2.45, 2.75) is 138 Å². The molecule has 6 aliphatic carbocycles. The molecule has 3 aliphatic heterocycles. The summed E-state index contributed by atoms with van der Waals surface area (Å²) in [6.07, 6.45) is 24.8. The lowest BCUT2D eigenvalue weighted by molar-refractivity contribution is -0.208. The minimum absolute atomic E-state index is 0.0000860. The lowest BCUT2D eigenvalue weighted by atomic mass is 9.49. The van der Waals surface area contributed by atoms with E-state index >= 15 is 9.59 Å². The minimum atomic E-state index is -1.37. The molecule has 2 spiro atoms. The predicted molar refractivity (Wildman–Crippen MR) is 312 cm³/mol. The highest BCUT2D eigenvalue weighted by Gasteiger charge is 2.61. The van der Waals surface area contributed by atoms with Crippen molar-refractivity contribution in [2.24, 2.45) is 29.6 Å². The number of benzene rings is 4. The van der Waals surface area contributed by atoms with Gasteiger partial charge in [-0.05, 0) is 144 Å². The number of fused-ring (bicyclic) bond motifs is 15. The van der Waals surface area contributed by atoms with Gasteiger partial charge in [0.15, 0.2) is 17.8 Å². The number of aliphatic hydroxyl groups excluding tert-OH is 4. The van der Waals surface area contributed by atoms with Gasteiger partial charge in [-0.1, -0.05) is 135 Å². The number of hydrogen-bond donors (Lipinski definition) is 4. The van der Waals surface area contributed by atoms with E-state index in [0.717, 1.165) is 49.7 Å². The van der Waals surface area contributed by atoms with Gasteiger partial charge in [-0.15, -0.1) is 0 Å². The van der Waals surface area contributed by atoms with Crippen molar-refractivity contribution in [1.29, 1.82) is 0 Å². The molecule has 82 heavy (non-hydrogen) atoms. The summed E-state index contributed by atoms with van der Waals surface area (Å²) in [5.74, 6) is -1.43. The molecule has 2 fully saturated rings. The maximum Gasteiger partial charge on any atom is 0.340 e. The van der Waals surface area contributed by atoms with E-state index in [1.165, 1.54) is 34.2 Å². The number of rotatable bonds is 9. The molecule has 1 aromatic heterocycles. The van der Waals surface area contributed by atoms with Gasteiger partial charge >= 0.3 is 17.6 Å². The number of hydrogen-bond acceptors (Lipinski definition) is 12. The largest absolute Gasteiger partial charge is 0.482 e. The van der Waals surface area contributed by atoms with Crippen molar-refractivity contribution in [1.82, 2.24) is 0 Å². The first-order chi connectivity index (χ1) is 40.1. The van der Waals surface area contributed by atoms with Crippen molar-refractivity contribution < 1.29 is 53.4 Å². The number of ether oxygens (including phenoxy) is 4. The third-order valence-electron chi connectivity index (χ3n) is 20.4. The first-order valence-corrected chi connectivity index (χ1v) is 30.0. The normalized spacial score (nSPS) is 30.8. The summed E-state index contributed by atoms with van der Waals surface area (Å²) in [5.41, 5.74) is 7.69. The van der Waals surface area contributed by atoms with E-state index in [1.54, 1.807) is 19.1 Å². The predicted octanol–water partition coefficient (Wildman–Crippen LogP) is 11.7. The summed E-state index contributed by atoms with van der Waals surface area (Å²) >= 11 is 0. The van der Waals surface area contributed by atoms with Crippen LogP contribution in [0, 0.1) is 29.6 Å². The minimum Gasteiger partial charge on any atom is -0.482 e. The zero-order valence-electron chi connectivity index (χ0n) is 46.7. The molecule has 0 amide bonds. The third-order valence-corrected chi connectivity index (χ3v) is 20.4. The van der Waals surface area contributed by atoms with Crippen molar-refractivity contribution in [3.8, 4) is 5.75 Å². The molecule has 14 rings (SSSR count). The molecular formula is C70H74O12. The van der Waals surface area contributed by atoms with Crippen LogP contribution in [0.3, 0.4) is 0 Å². The van der Waals surface area contributed by atoms with Crippen LogP contribution in [0.2, 0.25) is 0 Å². The molecule has 12 heteroatoms. The van der Waals surface area contributed by atoms with Gasteiger partial charge in [-0.2, -0.15) is 0 Å². The van der Waals surface area contributed by atoms with Crippen LogP contribution >= 0.6 is 0 Å². The number of carbonyl (C=O) groups excluding carboxylic acids is 2. The van der Waals surface area contributed by atoms with E-state index in [9.17, 15) is 25.2 Å². The van der Waals surface area contributed by atoms with E-state index in [0.29, 0.717) is 53.4 Å². The van der Waals surface area contributed by atoms with Crippen molar-refractivity contribution >= 4 is 35.1 Å². The van der Waals surface area contributed by atoms with Crippen molar-refractivity contribution in [2.75, 3.05) is 26.6 Å². The first-order valence-electron chi connectivity index (χ1n) is 30.0. The Labute approximate surface area is 478 Å². The zero-order valence-corrected chi connectivity index (χ0v) is 46.7. The van der Waals surface area contributed by atoms with E-state index in [4.69, 9.17) is 23.4 Å². The van der Waals surface area contributed by atoms with Gasteiger partial charge in [0.05, 0.1) is 25.4 Å². The monoisotopic (exact) mass is 1110 g/mol. The van der Waals surface area contributed by atoms with Crippen LogP contribution in [0.5, 0.6) is 5.75 Å². The second-order valence-electron chi connectivity index (χ2n) is 24.5. The quantitative estimate of drug-likeness (QED) is 0.0361. The van der Waals surface area contributed by atoms with Gasteiger partial charge < -0.3 is 43.8 Å². The van der Waals surface area contributed by atoms with Crippen molar-refractivity contribution in [3.05, 3.63) is 193 Å². The van der Waals surface area contributed by atoms with Gasteiger partial charge in [-0.25, -0.2) is 9.59 Å². The average Bonchev–Trinajstić information content (AvgIpc) is 3.63. The number of carbonyl (C=O) groups is 2. The average molecular weight is 1110 g/mol. The molecule has 426 valence electrons. The topological polar surface area (TPSA) is 182 Å². The van der Waals surface area contributed by atoms with E-state index in [-0.39, 0.29) is 96.4 Å². The lowest BCUT2D eigenvalue weighted by Gasteiger charge is -2.54. The van der Waals surface area contributed by atoms with Crippen LogP contribution in [0.25, 0.3) is 23.1 Å². The van der Waals surface area contributed by atoms with Crippen LogP contribution in [0.1, 0.15) is 163 Å². The molecule has 12 atom stereocenters. The summed E-state index contributed by atoms with van der Waals surface area (Å²) in [6.45, 7) is -0.305. The summed E-state index contributed by atoms with van der Waals surface area (Å²) in [7, 11) is 0. The Bertz CT molecular complexity index is 3510. The van der Waals surface area contributed by atoms with Crippen LogP contribution in [-0.4, -0.2) is 70.7 Å². The maximum atomic E-state index is 15.8. The Morgan fingerprint density at radius 3 is 2.40 bits per heavy atom. The Morgan fingerprint density at radius 1 is 0.793 bits per heavy atom. The first kappa shape index (κ1) is 54.6. The third kappa shape index (κ3) is 9.10. The second kappa shape index (κ2) is 22.5. The molecule has 4 N–H and O–H groups in total. The molecule has 4 aromatic carbocycles. The molecule has 2 bridgehead atoms. The summed E-state index contributed by atoms with van der Waals surface area (Å²) in [4.78, 5) is 45.6. The highest BCUT2D eigenvalue weighted by atomic mass is 16.6. The molecular weight excluding hydrogens is 1030 g/mol. The van der Waals surface area contributed by atoms with Crippen LogP contribution in [0.15, 0.2) is 136 Å². The Morgan fingerprint density at radius 2 is 1.60 bits per heavy atom. The fourth-order valence-corrected chi connectivity index (χ4v) is 16.7. The standard InChI is InChI=1S/C70H74O12/c1-41(37-72)51-27-20-42-18-21-43(22-19-42)52-28-24-46(53-14-7-17-59-54(53)29-26-50-13-6-12-49-25-23-45-10-3-5-16-58(45)70(49,50)59)35-48(52)36-61(75)79-65-63-60(82-69(66(65)81-67(51)76)33-8-11-44-9-2-4-15-57(44)69)31-30-55-56(38-73)62(68(77)80-64(55)63)47(32-34-71)39-78-40-74/h3,5,7-8,10-11,14,16-19,21-26,28-31,44,46-50,52,57,65-66,71-74H,2,4,6,9,12-13,15,20,27,32-40H2,1H3/b51-41-/t44-,46+,47+,48+,49+,50-,52-,57+,65+,66-,69-,70-/m0/s1. The Hall–Kier alpha value is -6.67. The molecule has 5 aromatic rings. The smallest absolute Gasteiger partial charge is 0.340 e. The molecule has 2 saturated carbocycles. The maximum absolute atomic E-state index is 15.8. The molecule has 12 nitrogen and oxygen atoms in total. The number of esters is 2. The van der Waals surface area contributed by atoms with Crippen molar-refractivity contribution in [3.63, 3.8) is 0 Å². The van der Waals surface area contributed by atoms with Gasteiger partial charge in [-0.3, -0.25) is 4.79 Å². The zero-order chi connectivity index (χ0) is 56.3. The number of aliphatic hydroxyl groups is 4. The summed E-state index contributed by atoms with van der Waals surface area (Å²) in [6, 6.07) is 27.8. The Balaban J connectivity index is 0.957. The lowest BCUT2D eigenvalue weighted by Crippen LogP contribution is -2.62. The van der Waals surface area contributed by atoms with E-state index < -0.39 is 54.7 Å². The number of aryl methyl sites for hydroxylation is 1. The fourth-order valence-electron chi connectivity index (χ4n) is 16.7. The second-order valence-corrected chi connectivity index (χ2v) is 24.5. The van der Waals surface area contributed by atoms with Gasteiger partial charge in [0.2, 0.25) is 0 Å². The van der Waals surface area contributed by atoms with Gasteiger partial charge in [0.25, 0.3) is 0 Å². The van der Waals surface area contributed by atoms with Gasteiger partial charge in [0.1, 0.15) is 18.1 Å². The SMILES string of the molecule is C/C(CO)=C1\CCc2ccc(cc2)[C@@H]2C=C[C@@H](c3cccc4c3C=C[C@@H]3CCC[C@@H]5C=Cc6ccccc6[C@@]435)C[C@@H]2CC(=O)O[C@@H]2c3c(ccc4c(CO)c([C@H](CCO)COCO)c(=O)oc34)O[C@]3(CC=C[C@@H]4CCCC[C@H]43)[C@H]2OC1=O. The highest BCUT2D eigenvalue weighted by molar-refractivity contribution is 5.91. The van der Waals surface area contributed by atoms with E-state index in [1.807, 2.05) is 0 Å². The van der Waals surface area contributed by atoms with Gasteiger partial charge in [0, 0.05) is 65.1 Å². The molecule has 0 saturated heterocycles.